The van der Waals surface area contributed by atoms with Crippen LogP contribution in [-0.4, -0.2) is 23.7 Å². The summed E-state index contributed by atoms with van der Waals surface area (Å²) in [6, 6.07) is 5.21. The van der Waals surface area contributed by atoms with E-state index in [1.54, 1.807) is 12.1 Å². The molecule has 2 rings (SSSR count). The highest BCUT2D eigenvalue weighted by molar-refractivity contribution is 5.91. The Balaban J connectivity index is 2.29. The lowest BCUT2D eigenvalue weighted by Gasteiger charge is -2.09. The number of hydrogen-bond donors (Lipinski definition) is 2. The molecule has 0 aromatic heterocycles. The number of ether oxygens (including phenoxy) is 1. The molecule has 3 N–H and O–H groups in total. The van der Waals surface area contributed by atoms with E-state index in [9.17, 15) is 4.79 Å². The minimum Gasteiger partial charge on any atom is -0.489 e. The number of nitrogens with two attached hydrogens (primary N) is 1. The summed E-state index contributed by atoms with van der Waals surface area (Å²) < 4.78 is 5.58. The standard InChI is InChI=1S/C11H13NO3/c12-5-4-8-6-7-2-1-3-9(11(13)14)10(7)15-8/h1-3,8H,4-6,12H2,(H,13,14). The molecule has 4 nitrogen and oxygen atoms in total. The average molecular weight is 207 g/mol. The van der Waals surface area contributed by atoms with Crippen LogP contribution in [0.25, 0.3) is 0 Å². The quantitative estimate of drug-likeness (QED) is 0.776. The summed E-state index contributed by atoms with van der Waals surface area (Å²) in [7, 11) is 0. The number of carboxylic acids is 1. The maximum atomic E-state index is 10.9. The number of benzene rings is 1. The predicted molar refractivity (Wildman–Crippen MR) is 55.2 cm³/mol. The lowest BCUT2D eigenvalue weighted by Crippen LogP contribution is -2.18. The van der Waals surface area contributed by atoms with Gasteiger partial charge in [0.25, 0.3) is 0 Å². The zero-order chi connectivity index (χ0) is 10.8. The van der Waals surface area contributed by atoms with Gasteiger partial charge in [0.2, 0.25) is 0 Å². The average Bonchev–Trinajstić information content (AvgIpc) is 2.59. The molecule has 1 aromatic carbocycles. The summed E-state index contributed by atoms with van der Waals surface area (Å²) in [6.07, 6.45) is 1.55. The third-order valence-corrected chi connectivity index (χ3v) is 2.55. The first-order chi connectivity index (χ1) is 7.22. The molecular formula is C11H13NO3. The van der Waals surface area contributed by atoms with E-state index in [1.165, 1.54) is 0 Å². The second kappa shape index (κ2) is 3.90. The monoisotopic (exact) mass is 207 g/mol. The third kappa shape index (κ3) is 1.80. The summed E-state index contributed by atoms with van der Waals surface area (Å²) in [4.78, 5) is 10.9. The van der Waals surface area contributed by atoms with Crippen molar-refractivity contribution in [2.45, 2.75) is 18.9 Å². The van der Waals surface area contributed by atoms with E-state index in [-0.39, 0.29) is 11.7 Å². The highest BCUT2D eigenvalue weighted by Crippen LogP contribution is 2.33. The molecule has 0 amide bonds. The highest BCUT2D eigenvalue weighted by Gasteiger charge is 2.26. The van der Waals surface area contributed by atoms with E-state index < -0.39 is 5.97 Å². The zero-order valence-electron chi connectivity index (χ0n) is 8.27. The molecule has 1 aliphatic rings. The Morgan fingerprint density at radius 1 is 1.60 bits per heavy atom. The van der Waals surface area contributed by atoms with Gasteiger partial charge in [0.05, 0.1) is 0 Å². The third-order valence-electron chi connectivity index (χ3n) is 2.55. The van der Waals surface area contributed by atoms with Crippen molar-refractivity contribution in [2.24, 2.45) is 5.73 Å². The number of carbonyl (C=O) groups is 1. The Morgan fingerprint density at radius 3 is 3.07 bits per heavy atom. The Morgan fingerprint density at radius 2 is 2.40 bits per heavy atom. The van der Waals surface area contributed by atoms with Gasteiger partial charge in [0.15, 0.2) is 0 Å². The molecular weight excluding hydrogens is 194 g/mol. The van der Waals surface area contributed by atoms with Gasteiger partial charge >= 0.3 is 5.97 Å². The molecule has 0 fully saturated rings. The van der Waals surface area contributed by atoms with Crippen LogP contribution in [0.3, 0.4) is 0 Å². The molecule has 0 aliphatic carbocycles. The van der Waals surface area contributed by atoms with Crippen molar-refractivity contribution >= 4 is 5.97 Å². The van der Waals surface area contributed by atoms with Gasteiger partial charge < -0.3 is 15.6 Å². The van der Waals surface area contributed by atoms with Crippen LogP contribution in [0.4, 0.5) is 0 Å². The maximum absolute atomic E-state index is 10.9. The largest absolute Gasteiger partial charge is 0.489 e. The van der Waals surface area contributed by atoms with E-state index in [0.717, 1.165) is 18.4 Å². The Kier molecular flexibility index (Phi) is 2.60. The molecule has 1 heterocycles. The lowest BCUT2D eigenvalue weighted by molar-refractivity contribution is 0.0691. The molecule has 4 heteroatoms. The number of fused-ring (bicyclic) bond motifs is 1. The smallest absolute Gasteiger partial charge is 0.339 e. The molecule has 0 bridgehead atoms. The van der Waals surface area contributed by atoms with Crippen molar-refractivity contribution in [1.29, 1.82) is 0 Å². The van der Waals surface area contributed by atoms with Crippen LogP contribution in [0.15, 0.2) is 18.2 Å². The Hall–Kier alpha value is -1.55. The fourth-order valence-corrected chi connectivity index (χ4v) is 1.85. The molecule has 80 valence electrons. The molecule has 1 unspecified atom stereocenters. The fourth-order valence-electron chi connectivity index (χ4n) is 1.85. The summed E-state index contributed by atoms with van der Waals surface area (Å²) in [5.41, 5.74) is 6.65. The SMILES string of the molecule is NCCC1Cc2cccc(C(=O)O)c2O1. The van der Waals surface area contributed by atoms with Gasteiger partial charge in [-0.15, -0.1) is 0 Å². The number of rotatable bonds is 3. The predicted octanol–water partition coefficient (Wildman–Crippen LogP) is 1.04. The molecule has 1 aromatic rings. The van der Waals surface area contributed by atoms with Gasteiger partial charge in [-0.3, -0.25) is 0 Å². The van der Waals surface area contributed by atoms with Crippen molar-refractivity contribution in [3.05, 3.63) is 29.3 Å². The normalized spacial score (nSPS) is 18.3. The van der Waals surface area contributed by atoms with Gasteiger partial charge in [0, 0.05) is 6.42 Å². The second-order valence-corrected chi connectivity index (χ2v) is 3.62. The second-order valence-electron chi connectivity index (χ2n) is 3.62. The molecule has 1 atom stereocenters. The van der Waals surface area contributed by atoms with E-state index in [0.29, 0.717) is 12.3 Å². The van der Waals surface area contributed by atoms with E-state index in [1.807, 2.05) is 6.07 Å². The van der Waals surface area contributed by atoms with Gasteiger partial charge in [0.1, 0.15) is 17.4 Å². The molecule has 0 saturated heterocycles. The minimum atomic E-state index is -0.944. The van der Waals surface area contributed by atoms with E-state index in [4.69, 9.17) is 15.6 Å². The number of hydrogen-bond acceptors (Lipinski definition) is 3. The number of aromatic carboxylic acids is 1. The van der Waals surface area contributed by atoms with Crippen molar-refractivity contribution in [3.8, 4) is 5.75 Å². The number of para-hydroxylation sites is 1. The van der Waals surface area contributed by atoms with Crippen LogP contribution in [0, 0.1) is 0 Å². The van der Waals surface area contributed by atoms with Crippen molar-refractivity contribution in [1.82, 2.24) is 0 Å². The summed E-state index contributed by atoms with van der Waals surface area (Å²) >= 11 is 0. The van der Waals surface area contributed by atoms with Crippen LogP contribution in [0.5, 0.6) is 5.75 Å². The molecule has 0 spiro atoms. The van der Waals surface area contributed by atoms with Crippen LogP contribution in [0.1, 0.15) is 22.3 Å². The van der Waals surface area contributed by atoms with Crippen molar-refractivity contribution < 1.29 is 14.6 Å². The van der Waals surface area contributed by atoms with Crippen LogP contribution in [-0.2, 0) is 6.42 Å². The molecule has 0 saturated carbocycles. The topological polar surface area (TPSA) is 72.6 Å². The van der Waals surface area contributed by atoms with Crippen molar-refractivity contribution in [3.63, 3.8) is 0 Å². The first kappa shape index (κ1) is 9.98. The molecule has 15 heavy (non-hydrogen) atoms. The van der Waals surface area contributed by atoms with Gasteiger partial charge in [-0.2, -0.15) is 0 Å². The Labute approximate surface area is 87.7 Å². The van der Waals surface area contributed by atoms with Gasteiger partial charge in [-0.25, -0.2) is 4.79 Å². The first-order valence-corrected chi connectivity index (χ1v) is 4.94. The maximum Gasteiger partial charge on any atom is 0.339 e. The fraction of sp³-hybridized carbons (Fsp3) is 0.364. The van der Waals surface area contributed by atoms with Crippen LogP contribution in [0.2, 0.25) is 0 Å². The minimum absolute atomic E-state index is 0.0329. The van der Waals surface area contributed by atoms with Gasteiger partial charge in [-0.1, -0.05) is 12.1 Å². The van der Waals surface area contributed by atoms with E-state index >= 15 is 0 Å². The molecule has 1 aliphatic heterocycles. The summed E-state index contributed by atoms with van der Waals surface area (Å²) in [6.45, 7) is 0.557. The zero-order valence-corrected chi connectivity index (χ0v) is 8.27. The van der Waals surface area contributed by atoms with Crippen LogP contribution < -0.4 is 10.5 Å². The lowest BCUT2D eigenvalue weighted by atomic mass is 10.1. The highest BCUT2D eigenvalue weighted by atomic mass is 16.5. The first-order valence-electron chi connectivity index (χ1n) is 4.94. The van der Waals surface area contributed by atoms with Gasteiger partial charge in [-0.05, 0) is 24.6 Å². The van der Waals surface area contributed by atoms with Crippen molar-refractivity contribution in [2.75, 3.05) is 6.54 Å². The van der Waals surface area contributed by atoms with E-state index in [2.05, 4.69) is 0 Å². The summed E-state index contributed by atoms with van der Waals surface area (Å²) in [5.74, 6) is -0.427. The summed E-state index contributed by atoms with van der Waals surface area (Å²) in [5, 5.41) is 8.96. The number of carboxylic acid groups (broad SMARTS) is 1. The molecule has 0 radical (unpaired) electrons. The van der Waals surface area contributed by atoms with Crippen LogP contribution >= 0.6 is 0 Å². The Bertz CT molecular complexity index is 389.